The van der Waals surface area contributed by atoms with Crippen molar-refractivity contribution in [3.05, 3.63) is 33.4 Å². The molecule has 17 heavy (non-hydrogen) atoms. The summed E-state index contributed by atoms with van der Waals surface area (Å²) < 4.78 is 1.20. The van der Waals surface area contributed by atoms with Gasteiger partial charge in [-0.25, -0.2) is 0 Å². The van der Waals surface area contributed by atoms with E-state index in [1.807, 2.05) is 12.1 Å². The number of aliphatic hydroxyl groups excluding tert-OH is 1. The number of hydrogen-bond acceptors (Lipinski definition) is 1. The molecule has 1 aromatic carbocycles. The van der Waals surface area contributed by atoms with Crippen LogP contribution >= 0.6 is 22.6 Å². The second kappa shape index (κ2) is 8.92. The van der Waals surface area contributed by atoms with Crippen molar-refractivity contribution in [1.82, 2.24) is 0 Å². The van der Waals surface area contributed by atoms with Crippen molar-refractivity contribution in [2.75, 3.05) is 0 Å². The van der Waals surface area contributed by atoms with Crippen molar-refractivity contribution in [3.63, 3.8) is 0 Å². The molecular formula is C15H23IO. The van der Waals surface area contributed by atoms with Gasteiger partial charge in [-0.05, 0) is 46.7 Å². The second-order valence-electron chi connectivity index (χ2n) is 4.63. The number of aliphatic hydroxyl groups is 1. The van der Waals surface area contributed by atoms with Gasteiger partial charge in [-0.2, -0.15) is 0 Å². The van der Waals surface area contributed by atoms with E-state index in [0.717, 1.165) is 18.4 Å². The van der Waals surface area contributed by atoms with Gasteiger partial charge >= 0.3 is 0 Å². The second-order valence-corrected chi connectivity index (χ2v) is 5.87. The maximum Gasteiger partial charge on any atom is 0.0790 e. The smallest absolute Gasteiger partial charge is 0.0790 e. The molecule has 1 unspecified atom stereocenters. The molecule has 1 aromatic rings. The Kier molecular flexibility index (Phi) is 7.86. The lowest BCUT2D eigenvalue weighted by molar-refractivity contribution is 0.163. The predicted molar refractivity (Wildman–Crippen MR) is 82.1 cm³/mol. The van der Waals surface area contributed by atoms with Gasteiger partial charge < -0.3 is 5.11 Å². The highest BCUT2D eigenvalue weighted by atomic mass is 127. The molecule has 0 bridgehead atoms. The molecule has 0 radical (unpaired) electrons. The largest absolute Gasteiger partial charge is 0.388 e. The average Bonchev–Trinajstić information content (AvgIpc) is 2.33. The summed E-state index contributed by atoms with van der Waals surface area (Å²) in [6.45, 7) is 2.24. The van der Waals surface area contributed by atoms with Gasteiger partial charge in [-0.3, -0.25) is 0 Å². The van der Waals surface area contributed by atoms with Gasteiger partial charge in [0.2, 0.25) is 0 Å². The molecule has 0 fully saturated rings. The molecule has 96 valence electrons. The predicted octanol–water partition coefficient (Wildman–Crippen LogP) is 5.08. The van der Waals surface area contributed by atoms with Crippen LogP contribution in [0.5, 0.6) is 0 Å². The van der Waals surface area contributed by atoms with Crippen LogP contribution in [-0.4, -0.2) is 5.11 Å². The molecule has 0 spiro atoms. The van der Waals surface area contributed by atoms with E-state index in [0.29, 0.717) is 0 Å². The summed E-state index contributed by atoms with van der Waals surface area (Å²) in [7, 11) is 0. The number of halogens is 1. The number of rotatable bonds is 8. The molecule has 1 rings (SSSR count). The molecule has 0 saturated carbocycles. The van der Waals surface area contributed by atoms with Crippen LogP contribution in [0.4, 0.5) is 0 Å². The quantitative estimate of drug-likeness (QED) is 0.514. The summed E-state index contributed by atoms with van der Waals surface area (Å²) in [6, 6.07) is 8.16. The molecule has 1 N–H and O–H groups in total. The van der Waals surface area contributed by atoms with E-state index in [4.69, 9.17) is 0 Å². The zero-order valence-electron chi connectivity index (χ0n) is 10.7. The summed E-state index contributed by atoms with van der Waals surface area (Å²) in [5, 5.41) is 10.0. The Bertz CT molecular complexity index is 312. The minimum absolute atomic E-state index is 0.282. The summed E-state index contributed by atoms with van der Waals surface area (Å²) >= 11 is 2.29. The molecule has 2 heteroatoms. The van der Waals surface area contributed by atoms with Gasteiger partial charge in [0.1, 0.15) is 0 Å². The average molecular weight is 346 g/mol. The molecule has 1 atom stereocenters. The number of benzene rings is 1. The molecule has 0 heterocycles. The lowest BCUT2D eigenvalue weighted by Gasteiger charge is -2.11. The maximum atomic E-state index is 10.0. The number of hydrogen-bond donors (Lipinski definition) is 1. The van der Waals surface area contributed by atoms with Crippen LogP contribution < -0.4 is 0 Å². The molecule has 0 aliphatic rings. The van der Waals surface area contributed by atoms with Crippen LogP contribution in [0.1, 0.15) is 63.5 Å². The highest BCUT2D eigenvalue weighted by molar-refractivity contribution is 14.1. The molecule has 0 aromatic heterocycles. The normalized spacial score (nSPS) is 12.6. The third-order valence-electron chi connectivity index (χ3n) is 3.06. The van der Waals surface area contributed by atoms with Gasteiger partial charge in [0, 0.05) is 3.57 Å². The van der Waals surface area contributed by atoms with Crippen molar-refractivity contribution in [3.8, 4) is 0 Å². The Morgan fingerprint density at radius 2 is 1.82 bits per heavy atom. The lowest BCUT2D eigenvalue weighted by Crippen LogP contribution is -1.97. The van der Waals surface area contributed by atoms with Gasteiger partial charge in [-0.15, -0.1) is 0 Å². The fraction of sp³-hybridized carbons (Fsp3) is 0.600. The molecular weight excluding hydrogens is 323 g/mol. The van der Waals surface area contributed by atoms with Crippen molar-refractivity contribution in [2.45, 2.75) is 58.0 Å². The zero-order chi connectivity index (χ0) is 12.5. The molecule has 0 saturated heterocycles. The van der Waals surface area contributed by atoms with Crippen LogP contribution in [0.3, 0.4) is 0 Å². The van der Waals surface area contributed by atoms with E-state index >= 15 is 0 Å². The van der Waals surface area contributed by atoms with Crippen LogP contribution in [0.2, 0.25) is 0 Å². The summed E-state index contributed by atoms with van der Waals surface area (Å²) in [5.41, 5.74) is 1.06. The van der Waals surface area contributed by atoms with Crippen LogP contribution in [0.25, 0.3) is 0 Å². The molecule has 0 aliphatic carbocycles. The Morgan fingerprint density at radius 3 is 2.53 bits per heavy atom. The first kappa shape index (κ1) is 15.0. The third-order valence-corrected chi connectivity index (χ3v) is 3.74. The Morgan fingerprint density at radius 1 is 1.12 bits per heavy atom. The maximum absolute atomic E-state index is 10.0. The molecule has 1 nitrogen and oxygen atoms in total. The molecule has 0 aliphatic heterocycles. The Balaban J connectivity index is 2.19. The monoisotopic (exact) mass is 346 g/mol. The van der Waals surface area contributed by atoms with E-state index in [2.05, 4.69) is 41.6 Å². The van der Waals surface area contributed by atoms with Gasteiger partial charge in [0.25, 0.3) is 0 Å². The van der Waals surface area contributed by atoms with Crippen molar-refractivity contribution < 1.29 is 5.11 Å². The van der Waals surface area contributed by atoms with Crippen LogP contribution in [0, 0.1) is 3.57 Å². The SMILES string of the molecule is CCCCCCCCC(O)c1cccc(I)c1. The van der Waals surface area contributed by atoms with Crippen molar-refractivity contribution in [1.29, 1.82) is 0 Å². The van der Waals surface area contributed by atoms with E-state index in [1.165, 1.54) is 35.7 Å². The molecule has 0 amide bonds. The first-order valence-electron chi connectivity index (χ1n) is 6.67. The van der Waals surface area contributed by atoms with Crippen LogP contribution in [0.15, 0.2) is 24.3 Å². The minimum Gasteiger partial charge on any atom is -0.388 e. The summed E-state index contributed by atoms with van der Waals surface area (Å²) in [5.74, 6) is 0. The van der Waals surface area contributed by atoms with E-state index in [9.17, 15) is 5.11 Å². The summed E-state index contributed by atoms with van der Waals surface area (Å²) in [6.07, 6.45) is 8.30. The third kappa shape index (κ3) is 6.41. The summed E-state index contributed by atoms with van der Waals surface area (Å²) in [4.78, 5) is 0. The first-order chi connectivity index (χ1) is 8.24. The van der Waals surface area contributed by atoms with E-state index < -0.39 is 0 Å². The van der Waals surface area contributed by atoms with Crippen molar-refractivity contribution >= 4 is 22.6 Å². The van der Waals surface area contributed by atoms with E-state index in [-0.39, 0.29) is 6.10 Å². The van der Waals surface area contributed by atoms with E-state index in [1.54, 1.807) is 0 Å². The fourth-order valence-electron chi connectivity index (χ4n) is 2.00. The highest BCUT2D eigenvalue weighted by Crippen LogP contribution is 2.21. The van der Waals surface area contributed by atoms with Gasteiger partial charge in [0.15, 0.2) is 0 Å². The van der Waals surface area contributed by atoms with Crippen molar-refractivity contribution in [2.24, 2.45) is 0 Å². The number of unbranched alkanes of at least 4 members (excludes halogenated alkanes) is 5. The van der Waals surface area contributed by atoms with Crippen LogP contribution in [-0.2, 0) is 0 Å². The minimum atomic E-state index is -0.282. The topological polar surface area (TPSA) is 20.2 Å². The Hall–Kier alpha value is -0.0900. The zero-order valence-corrected chi connectivity index (χ0v) is 12.8. The standard InChI is InChI=1S/C15H23IO/c1-2-3-4-5-6-7-11-15(17)13-9-8-10-14(16)12-13/h8-10,12,15,17H,2-7,11H2,1H3. The first-order valence-corrected chi connectivity index (χ1v) is 7.75. The lowest BCUT2D eigenvalue weighted by atomic mass is 10.0. The fourth-order valence-corrected chi connectivity index (χ4v) is 2.57. The van der Waals surface area contributed by atoms with Gasteiger partial charge in [-0.1, -0.05) is 57.6 Å². The highest BCUT2D eigenvalue weighted by Gasteiger charge is 2.06. The Labute approximate surface area is 119 Å². The van der Waals surface area contributed by atoms with Gasteiger partial charge in [0.05, 0.1) is 6.10 Å².